The second-order valence-electron chi connectivity index (χ2n) is 5.77. The minimum atomic E-state index is -1.06. The van der Waals surface area contributed by atoms with Gasteiger partial charge < -0.3 is 0 Å². The number of carbonyl (C=O) groups excluding carboxylic acids is 3. The van der Waals surface area contributed by atoms with E-state index in [0.717, 1.165) is 19.3 Å². The topological polar surface area (TPSA) is 66.5 Å². The minimum Gasteiger partial charge on any atom is -0.277 e. The lowest BCUT2D eigenvalue weighted by Gasteiger charge is -2.48. The van der Waals surface area contributed by atoms with Crippen LogP contribution in [0.25, 0.3) is 0 Å². The molecule has 1 saturated heterocycles. The molecule has 1 saturated carbocycles. The third-order valence-electron chi connectivity index (χ3n) is 4.35. The van der Waals surface area contributed by atoms with E-state index in [1.54, 1.807) is 24.3 Å². The number of barbiturate groups is 1. The normalized spacial score (nSPS) is 24.6. The molecule has 1 unspecified atom stereocenters. The van der Waals surface area contributed by atoms with E-state index in [2.05, 4.69) is 5.32 Å². The number of nitrogens with zero attached hydrogens (tertiary/aromatic N) is 1. The summed E-state index contributed by atoms with van der Waals surface area (Å²) in [5.41, 5.74) is -0.0661. The monoisotopic (exact) mass is 306 g/mol. The van der Waals surface area contributed by atoms with Gasteiger partial charge in [-0.2, -0.15) is 0 Å². The van der Waals surface area contributed by atoms with Gasteiger partial charge in [0.25, 0.3) is 0 Å². The van der Waals surface area contributed by atoms with Crippen molar-refractivity contribution in [1.82, 2.24) is 10.2 Å². The molecule has 0 bridgehead atoms. The van der Waals surface area contributed by atoms with E-state index in [0.29, 0.717) is 10.6 Å². The molecule has 1 aromatic rings. The van der Waals surface area contributed by atoms with Crippen molar-refractivity contribution >= 4 is 29.4 Å². The summed E-state index contributed by atoms with van der Waals surface area (Å²) in [6, 6.07) is 6.08. The molecule has 21 heavy (non-hydrogen) atoms. The Morgan fingerprint density at radius 2 is 1.90 bits per heavy atom. The lowest BCUT2D eigenvalue weighted by Crippen LogP contribution is -2.66. The van der Waals surface area contributed by atoms with Gasteiger partial charge in [-0.15, -0.1) is 0 Å². The van der Waals surface area contributed by atoms with Crippen LogP contribution in [-0.4, -0.2) is 28.3 Å². The molecular weight excluding hydrogens is 292 g/mol. The third kappa shape index (κ3) is 2.12. The average Bonchev–Trinajstić information content (AvgIpc) is 2.38. The van der Waals surface area contributed by atoms with Crippen LogP contribution in [0, 0.1) is 0 Å². The van der Waals surface area contributed by atoms with Crippen LogP contribution in [0.15, 0.2) is 24.3 Å². The number of benzene rings is 1. The predicted molar refractivity (Wildman–Crippen MR) is 76.8 cm³/mol. The molecule has 1 aliphatic heterocycles. The summed E-state index contributed by atoms with van der Waals surface area (Å²) in [6.07, 6.45) is 2.49. The Hall–Kier alpha value is -1.88. The number of imide groups is 2. The van der Waals surface area contributed by atoms with E-state index in [4.69, 9.17) is 11.6 Å². The number of rotatable bonds is 2. The maximum atomic E-state index is 12.7. The molecule has 1 aliphatic carbocycles. The molecule has 2 fully saturated rings. The van der Waals surface area contributed by atoms with Crippen molar-refractivity contribution < 1.29 is 14.4 Å². The van der Waals surface area contributed by atoms with Crippen LogP contribution in [0.5, 0.6) is 0 Å². The van der Waals surface area contributed by atoms with Gasteiger partial charge in [-0.05, 0) is 37.8 Å². The van der Waals surface area contributed by atoms with Gasteiger partial charge in [0.2, 0.25) is 11.8 Å². The van der Waals surface area contributed by atoms with Crippen LogP contribution in [0.3, 0.4) is 0 Å². The van der Waals surface area contributed by atoms with Crippen LogP contribution < -0.4 is 5.32 Å². The van der Waals surface area contributed by atoms with Crippen molar-refractivity contribution in [2.75, 3.05) is 0 Å². The standard InChI is InChI=1S/C15H15ClN2O3/c1-15(7-4-8-15)18-13(20)11(12(19)17-14(18)21)9-5-2-3-6-10(9)16/h2-3,5-6,11H,4,7-8H2,1H3,(H,17,19,21). The Balaban J connectivity index is 2.01. The molecule has 6 heteroatoms. The number of urea groups is 1. The maximum Gasteiger partial charge on any atom is 0.331 e. The van der Waals surface area contributed by atoms with E-state index in [-0.39, 0.29) is 0 Å². The fraction of sp³-hybridized carbons (Fsp3) is 0.400. The Morgan fingerprint density at radius 3 is 2.48 bits per heavy atom. The lowest BCUT2D eigenvalue weighted by atomic mass is 9.76. The Labute approximate surface area is 127 Å². The van der Waals surface area contributed by atoms with E-state index in [9.17, 15) is 14.4 Å². The van der Waals surface area contributed by atoms with Crippen molar-refractivity contribution in [1.29, 1.82) is 0 Å². The molecule has 2 aliphatic rings. The van der Waals surface area contributed by atoms with Crippen LogP contribution >= 0.6 is 11.6 Å². The first-order valence-electron chi connectivity index (χ1n) is 6.87. The predicted octanol–water partition coefficient (Wildman–Crippen LogP) is 2.44. The summed E-state index contributed by atoms with van der Waals surface area (Å²) < 4.78 is 0. The number of amides is 4. The van der Waals surface area contributed by atoms with Gasteiger partial charge in [-0.3, -0.25) is 19.8 Å². The minimum absolute atomic E-state index is 0.346. The SMILES string of the molecule is CC1(N2C(=O)NC(=O)C(c3ccccc3Cl)C2=O)CCC1. The molecule has 110 valence electrons. The molecule has 0 spiro atoms. The van der Waals surface area contributed by atoms with Gasteiger partial charge in [0.1, 0.15) is 5.92 Å². The summed E-state index contributed by atoms with van der Waals surface area (Å²) in [5.74, 6) is -2.16. The molecule has 1 aromatic carbocycles. The summed E-state index contributed by atoms with van der Waals surface area (Å²) in [6.45, 7) is 1.87. The summed E-state index contributed by atoms with van der Waals surface area (Å²) in [7, 11) is 0. The quantitative estimate of drug-likeness (QED) is 0.853. The first-order valence-corrected chi connectivity index (χ1v) is 7.25. The van der Waals surface area contributed by atoms with Gasteiger partial charge in [-0.25, -0.2) is 4.79 Å². The second kappa shape index (κ2) is 4.84. The van der Waals surface area contributed by atoms with Gasteiger partial charge in [0, 0.05) is 10.6 Å². The highest BCUT2D eigenvalue weighted by Gasteiger charge is 2.51. The molecule has 0 aromatic heterocycles. The summed E-state index contributed by atoms with van der Waals surface area (Å²) >= 11 is 6.10. The molecule has 0 radical (unpaired) electrons. The van der Waals surface area contributed by atoms with Gasteiger partial charge >= 0.3 is 6.03 Å². The average molecular weight is 307 g/mol. The van der Waals surface area contributed by atoms with Crippen molar-refractivity contribution in [3.63, 3.8) is 0 Å². The van der Waals surface area contributed by atoms with E-state index in [1.165, 1.54) is 4.90 Å². The first kappa shape index (κ1) is 14.1. The summed E-state index contributed by atoms with van der Waals surface area (Å²) in [4.78, 5) is 38.1. The zero-order chi connectivity index (χ0) is 15.2. The zero-order valence-corrected chi connectivity index (χ0v) is 12.3. The van der Waals surface area contributed by atoms with Gasteiger partial charge in [-0.1, -0.05) is 29.8 Å². The van der Waals surface area contributed by atoms with Crippen molar-refractivity contribution in [3.8, 4) is 0 Å². The fourth-order valence-electron chi connectivity index (χ4n) is 2.98. The van der Waals surface area contributed by atoms with Gasteiger partial charge in [0.05, 0.1) is 0 Å². The van der Waals surface area contributed by atoms with E-state index in [1.807, 2.05) is 6.92 Å². The third-order valence-corrected chi connectivity index (χ3v) is 4.69. The van der Waals surface area contributed by atoms with Gasteiger partial charge in [0.15, 0.2) is 0 Å². The maximum absolute atomic E-state index is 12.7. The highest BCUT2D eigenvalue weighted by molar-refractivity contribution is 6.32. The first-order chi connectivity index (χ1) is 9.94. The Kier molecular flexibility index (Phi) is 3.24. The molecule has 3 rings (SSSR count). The van der Waals surface area contributed by atoms with Crippen molar-refractivity contribution in [3.05, 3.63) is 34.9 Å². The summed E-state index contributed by atoms with van der Waals surface area (Å²) in [5, 5.41) is 2.62. The Morgan fingerprint density at radius 1 is 1.24 bits per heavy atom. The number of halogens is 1. The number of hydrogen-bond acceptors (Lipinski definition) is 3. The molecule has 1 heterocycles. The second-order valence-corrected chi connectivity index (χ2v) is 6.18. The molecule has 1 atom stereocenters. The molecule has 5 nitrogen and oxygen atoms in total. The van der Waals surface area contributed by atoms with Crippen LogP contribution in [0.1, 0.15) is 37.7 Å². The lowest BCUT2D eigenvalue weighted by molar-refractivity contribution is -0.144. The highest BCUT2D eigenvalue weighted by Crippen LogP contribution is 2.40. The fourth-order valence-corrected chi connectivity index (χ4v) is 3.23. The number of hydrogen-bond donors (Lipinski definition) is 1. The zero-order valence-electron chi connectivity index (χ0n) is 11.6. The van der Waals surface area contributed by atoms with Crippen molar-refractivity contribution in [2.24, 2.45) is 0 Å². The number of carbonyl (C=O) groups is 3. The Bertz CT molecular complexity index is 640. The van der Waals surface area contributed by atoms with Crippen LogP contribution in [-0.2, 0) is 9.59 Å². The van der Waals surface area contributed by atoms with Crippen molar-refractivity contribution in [2.45, 2.75) is 37.6 Å². The van der Waals surface area contributed by atoms with Crippen LogP contribution in [0.2, 0.25) is 5.02 Å². The molecule has 4 amide bonds. The molecule has 1 N–H and O–H groups in total. The molecular formula is C15H15ClN2O3. The highest BCUT2D eigenvalue weighted by atomic mass is 35.5. The smallest absolute Gasteiger partial charge is 0.277 e. The largest absolute Gasteiger partial charge is 0.331 e. The van der Waals surface area contributed by atoms with E-state index >= 15 is 0 Å². The van der Waals surface area contributed by atoms with Crippen LogP contribution in [0.4, 0.5) is 4.79 Å². The number of nitrogens with one attached hydrogen (secondary N) is 1. The van der Waals surface area contributed by atoms with E-state index < -0.39 is 29.3 Å².